The molecule has 5 rings (SSSR count). The molecule has 0 bridgehead atoms. The second kappa shape index (κ2) is 11.7. The Bertz CT molecular complexity index is 1290. The molecule has 6 N–H and O–H groups in total. The van der Waals surface area contributed by atoms with Crippen molar-refractivity contribution in [3.8, 4) is 23.0 Å². The van der Waals surface area contributed by atoms with E-state index in [4.69, 9.17) is 27.4 Å². The quantitative estimate of drug-likeness (QED) is 0.138. The van der Waals surface area contributed by atoms with Crippen LogP contribution in [0.15, 0.2) is 54.6 Å². The lowest BCUT2D eigenvalue weighted by Gasteiger charge is -2.36. The first-order chi connectivity index (χ1) is 16.9. The van der Waals surface area contributed by atoms with Crippen LogP contribution in [0.2, 0.25) is 0 Å². The molecule has 0 aliphatic carbocycles. The van der Waals surface area contributed by atoms with Gasteiger partial charge in [0.05, 0.1) is 5.56 Å². The van der Waals surface area contributed by atoms with Crippen molar-refractivity contribution in [2.24, 2.45) is 5.73 Å². The number of phenolic OH excluding ortho intramolecular Hbond substituents is 2. The average molecular weight is 653 g/mol. The molecule has 8 nitrogen and oxygen atoms in total. The van der Waals surface area contributed by atoms with Crippen LogP contribution in [0.3, 0.4) is 0 Å². The molecule has 0 aromatic heterocycles. The number of thiocarbonyl (C=S) groups is 1. The summed E-state index contributed by atoms with van der Waals surface area (Å²) >= 11 is 5.39. The lowest BCUT2D eigenvalue weighted by Crippen LogP contribution is -2.33. The summed E-state index contributed by atoms with van der Waals surface area (Å²) in [6.45, 7) is 1.41. The van der Waals surface area contributed by atoms with Gasteiger partial charge in [-0.3, -0.25) is 0 Å². The maximum Gasteiger partial charge on any atom is 0.340 e. The van der Waals surface area contributed by atoms with E-state index >= 15 is 0 Å². The number of aromatic hydroxyl groups is 2. The molecule has 196 valence electrons. The summed E-state index contributed by atoms with van der Waals surface area (Å²) in [5.41, 5.74) is 7.08. The fraction of sp³-hybridized carbons (Fsp3) is 0.231. The number of ether oxygens (including phenoxy) is 2. The maximum atomic E-state index is 13.2. The van der Waals surface area contributed by atoms with Gasteiger partial charge in [-0.05, 0) is 68.0 Å². The highest BCUT2D eigenvalue weighted by Gasteiger charge is 2.53. The molecule has 2 aliphatic rings. The van der Waals surface area contributed by atoms with Gasteiger partial charge in [0, 0.05) is 41.1 Å². The van der Waals surface area contributed by atoms with Crippen molar-refractivity contribution < 1.29 is 24.5 Å². The van der Waals surface area contributed by atoms with Gasteiger partial charge in [0.25, 0.3) is 0 Å². The molecule has 2 aliphatic heterocycles. The average Bonchev–Trinajstić information content (AvgIpc) is 3.11. The predicted molar refractivity (Wildman–Crippen MR) is 156 cm³/mol. The third kappa shape index (κ3) is 5.26. The number of nitrogens with two attached hydrogens (primary N) is 1. The Kier molecular flexibility index (Phi) is 9.06. The van der Waals surface area contributed by atoms with Gasteiger partial charge in [0.1, 0.15) is 23.0 Å². The van der Waals surface area contributed by atoms with Gasteiger partial charge < -0.3 is 36.1 Å². The Labute approximate surface area is 240 Å². The molecule has 0 radical (unpaired) electrons. The van der Waals surface area contributed by atoms with Gasteiger partial charge >= 0.3 is 5.97 Å². The van der Waals surface area contributed by atoms with E-state index < -0.39 is 11.6 Å². The number of hydrogen-bond acceptors (Lipinski definition) is 7. The minimum atomic E-state index is -1.28. The smallest absolute Gasteiger partial charge is 0.340 e. The number of carbonyl (C=O) groups excluding carboxylic acids is 1. The molecule has 0 saturated carbocycles. The molecule has 0 fully saturated rings. The highest BCUT2D eigenvalue weighted by atomic mass is 79.9. The summed E-state index contributed by atoms with van der Waals surface area (Å²) in [7, 11) is 0. The molecule has 0 amide bonds. The number of anilines is 1. The van der Waals surface area contributed by atoms with Crippen LogP contribution in [0.4, 0.5) is 5.69 Å². The molecular weight excluding hydrogens is 626 g/mol. The van der Waals surface area contributed by atoms with Crippen molar-refractivity contribution in [2.45, 2.75) is 24.9 Å². The number of fused-ring (bicyclic) bond motifs is 6. The minimum Gasteiger partial charge on any atom is -0.508 e. The maximum absolute atomic E-state index is 13.2. The molecule has 0 atom stereocenters. The van der Waals surface area contributed by atoms with Crippen molar-refractivity contribution in [1.29, 1.82) is 0 Å². The van der Waals surface area contributed by atoms with Crippen LogP contribution >= 0.6 is 46.2 Å². The van der Waals surface area contributed by atoms with E-state index in [-0.39, 0.29) is 45.5 Å². The second-order valence-electron chi connectivity index (χ2n) is 8.52. The first-order valence-electron chi connectivity index (χ1n) is 11.4. The predicted octanol–water partition coefficient (Wildman–Crippen LogP) is 5.24. The third-order valence-corrected chi connectivity index (χ3v) is 6.44. The Balaban J connectivity index is 0.00000190. The van der Waals surface area contributed by atoms with Crippen LogP contribution in [0.5, 0.6) is 23.0 Å². The molecule has 37 heavy (non-hydrogen) atoms. The molecule has 0 saturated heterocycles. The van der Waals surface area contributed by atoms with E-state index in [1.165, 1.54) is 24.3 Å². The van der Waals surface area contributed by atoms with Crippen LogP contribution in [-0.4, -0.2) is 34.4 Å². The largest absolute Gasteiger partial charge is 0.508 e. The lowest BCUT2D eigenvalue weighted by molar-refractivity contribution is 0.0224. The lowest BCUT2D eigenvalue weighted by atomic mass is 9.77. The Hall–Kier alpha value is -2.86. The van der Waals surface area contributed by atoms with Gasteiger partial charge in [-0.25, -0.2) is 4.79 Å². The highest BCUT2D eigenvalue weighted by molar-refractivity contribution is 8.93. The van der Waals surface area contributed by atoms with Crippen molar-refractivity contribution in [3.05, 3.63) is 76.9 Å². The zero-order valence-electron chi connectivity index (χ0n) is 19.7. The normalized spacial score (nSPS) is 13.6. The van der Waals surface area contributed by atoms with E-state index in [0.717, 1.165) is 25.8 Å². The van der Waals surface area contributed by atoms with E-state index in [9.17, 15) is 15.0 Å². The number of nitrogens with one attached hydrogen (secondary N) is 2. The number of esters is 1. The standard InChI is InChI=1S/C26H25N3O5S.2BrH/c27-10-2-1-3-11-28-25(35)29-15-4-7-19-18(12-15)24(32)34-26(19)20-8-5-16(30)13-22(20)33-23-14-17(31)6-9-21(23)26;;/h4-9,12-14,30-31H,1-3,10-11,27H2,(H2,28,29,35);2*1H. The number of halogens is 2. The van der Waals surface area contributed by atoms with Crippen LogP contribution in [-0.2, 0) is 10.3 Å². The zero-order chi connectivity index (χ0) is 24.6. The first kappa shape index (κ1) is 28.7. The SMILES string of the molecule is Br.Br.NCCCCCNC(=S)Nc1ccc2c(c1)C(=O)OC21c2ccc(O)cc2Oc2cc(O)ccc21. The number of unbranched alkanes of at least 4 members (excludes halogenated alkanes) is 2. The molecule has 0 unspecified atom stereocenters. The number of phenols is 2. The summed E-state index contributed by atoms with van der Waals surface area (Å²) in [4.78, 5) is 13.2. The molecule has 11 heteroatoms. The zero-order valence-corrected chi connectivity index (χ0v) is 23.9. The van der Waals surface area contributed by atoms with Gasteiger partial charge in [-0.1, -0.05) is 12.5 Å². The van der Waals surface area contributed by atoms with Crippen molar-refractivity contribution >= 4 is 62.9 Å². The Morgan fingerprint density at radius 1 is 0.892 bits per heavy atom. The molecular formula is C26H27Br2N3O5S. The third-order valence-electron chi connectivity index (χ3n) is 6.20. The molecule has 3 aromatic rings. The van der Waals surface area contributed by atoms with Crippen molar-refractivity contribution in [3.63, 3.8) is 0 Å². The summed E-state index contributed by atoms with van der Waals surface area (Å²) in [5.74, 6) is 0.201. The van der Waals surface area contributed by atoms with E-state index in [0.29, 0.717) is 51.1 Å². The van der Waals surface area contributed by atoms with Crippen LogP contribution < -0.4 is 21.1 Å². The van der Waals surface area contributed by atoms with Crippen molar-refractivity contribution in [1.82, 2.24) is 5.32 Å². The highest BCUT2D eigenvalue weighted by Crippen LogP contribution is 2.57. The Morgan fingerprint density at radius 3 is 2.14 bits per heavy atom. The summed E-state index contributed by atoms with van der Waals surface area (Å²) in [6, 6.07) is 14.7. The van der Waals surface area contributed by atoms with E-state index in [1.807, 2.05) is 12.1 Å². The summed E-state index contributed by atoms with van der Waals surface area (Å²) < 4.78 is 12.0. The number of carbonyl (C=O) groups is 1. The summed E-state index contributed by atoms with van der Waals surface area (Å²) in [6.07, 6.45) is 2.97. The van der Waals surface area contributed by atoms with Crippen LogP contribution in [0, 0.1) is 0 Å². The van der Waals surface area contributed by atoms with Crippen LogP contribution in [0.25, 0.3) is 0 Å². The molecule has 3 aromatic carbocycles. The van der Waals surface area contributed by atoms with Gasteiger partial charge in [0.15, 0.2) is 10.7 Å². The monoisotopic (exact) mass is 651 g/mol. The van der Waals surface area contributed by atoms with E-state index in [2.05, 4.69) is 10.6 Å². The fourth-order valence-corrected chi connectivity index (χ4v) is 4.83. The first-order valence-corrected chi connectivity index (χ1v) is 11.8. The van der Waals surface area contributed by atoms with Gasteiger partial charge in [0.2, 0.25) is 0 Å². The van der Waals surface area contributed by atoms with Crippen molar-refractivity contribution in [2.75, 3.05) is 18.4 Å². The van der Waals surface area contributed by atoms with Crippen LogP contribution in [0.1, 0.15) is 46.3 Å². The topological polar surface area (TPSA) is 126 Å². The molecule has 2 heterocycles. The van der Waals surface area contributed by atoms with E-state index in [1.54, 1.807) is 18.2 Å². The Morgan fingerprint density at radius 2 is 1.51 bits per heavy atom. The van der Waals surface area contributed by atoms with Gasteiger partial charge in [-0.15, -0.1) is 34.0 Å². The number of rotatable bonds is 6. The van der Waals surface area contributed by atoms with Gasteiger partial charge in [-0.2, -0.15) is 0 Å². The minimum absolute atomic E-state index is 0. The number of benzene rings is 3. The fourth-order valence-electron chi connectivity index (χ4n) is 4.61. The summed E-state index contributed by atoms with van der Waals surface area (Å²) in [5, 5.41) is 26.8. The number of hydrogen-bond donors (Lipinski definition) is 5. The second-order valence-corrected chi connectivity index (χ2v) is 8.93. The molecule has 1 spiro atoms.